The Hall–Kier alpha value is -1.84. The number of likely N-dealkylation sites (tertiary alicyclic amines) is 1. The van der Waals surface area contributed by atoms with Crippen LogP contribution >= 0.6 is 0 Å². The van der Waals surface area contributed by atoms with Gasteiger partial charge in [0.1, 0.15) is 0 Å². The molecule has 1 heterocycles. The van der Waals surface area contributed by atoms with E-state index in [4.69, 9.17) is 0 Å². The molecule has 0 radical (unpaired) electrons. The largest absolute Gasteiger partial charge is 0.343 e. The van der Waals surface area contributed by atoms with E-state index in [9.17, 15) is 9.59 Å². The van der Waals surface area contributed by atoms with Gasteiger partial charge >= 0.3 is 0 Å². The summed E-state index contributed by atoms with van der Waals surface area (Å²) < 4.78 is 0. The molecule has 1 aliphatic heterocycles. The van der Waals surface area contributed by atoms with Crippen LogP contribution < -0.4 is 5.32 Å². The van der Waals surface area contributed by atoms with Gasteiger partial charge in [0.25, 0.3) is 0 Å². The highest BCUT2D eigenvalue weighted by Gasteiger charge is 2.27. The zero-order chi connectivity index (χ0) is 16.3. The second kappa shape index (κ2) is 6.95. The summed E-state index contributed by atoms with van der Waals surface area (Å²) in [6, 6.07) is 4.18. The summed E-state index contributed by atoms with van der Waals surface area (Å²) >= 11 is 0. The van der Waals surface area contributed by atoms with Gasteiger partial charge in [-0.2, -0.15) is 0 Å². The molecule has 120 valence electrons. The first-order valence-corrected chi connectivity index (χ1v) is 8.08. The number of hydrogen-bond donors (Lipinski definition) is 1. The van der Waals surface area contributed by atoms with Crippen LogP contribution in [0, 0.1) is 26.7 Å². The highest BCUT2D eigenvalue weighted by Crippen LogP contribution is 2.25. The first-order valence-electron chi connectivity index (χ1n) is 8.08. The van der Waals surface area contributed by atoms with Gasteiger partial charge in [-0.05, 0) is 44.7 Å². The van der Waals surface area contributed by atoms with Gasteiger partial charge in [0, 0.05) is 31.1 Å². The molecule has 4 heteroatoms. The molecule has 0 saturated carbocycles. The van der Waals surface area contributed by atoms with E-state index < -0.39 is 0 Å². The van der Waals surface area contributed by atoms with Crippen molar-refractivity contribution in [1.29, 1.82) is 0 Å². The number of carbonyl (C=O) groups excluding carboxylic acids is 2. The molecular weight excluding hydrogens is 276 g/mol. The summed E-state index contributed by atoms with van der Waals surface area (Å²) in [5, 5.41) is 3.09. The third kappa shape index (κ3) is 3.67. The summed E-state index contributed by atoms with van der Waals surface area (Å²) in [6.45, 7) is 9.37. The van der Waals surface area contributed by atoms with E-state index in [1.165, 1.54) is 5.56 Å². The van der Waals surface area contributed by atoms with Crippen molar-refractivity contribution in [2.75, 3.05) is 18.4 Å². The van der Waals surface area contributed by atoms with Crippen molar-refractivity contribution in [2.24, 2.45) is 5.92 Å². The summed E-state index contributed by atoms with van der Waals surface area (Å²) in [4.78, 5) is 26.0. The molecule has 0 unspecified atom stereocenters. The minimum atomic E-state index is 0.000934. The van der Waals surface area contributed by atoms with E-state index in [0.717, 1.165) is 29.7 Å². The Morgan fingerprint density at radius 3 is 2.18 bits per heavy atom. The molecule has 1 fully saturated rings. The van der Waals surface area contributed by atoms with E-state index in [2.05, 4.69) is 24.4 Å². The second-order valence-corrected chi connectivity index (χ2v) is 6.27. The fourth-order valence-corrected chi connectivity index (χ4v) is 3.22. The van der Waals surface area contributed by atoms with Crippen LogP contribution in [0.3, 0.4) is 0 Å². The van der Waals surface area contributed by atoms with Crippen LogP contribution in [-0.2, 0) is 9.59 Å². The summed E-state index contributed by atoms with van der Waals surface area (Å²) in [6.07, 6.45) is 2.04. The lowest BCUT2D eigenvalue weighted by atomic mass is 9.95. The highest BCUT2D eigenvalue weighted by molar-refractivity contribution is 5.94. The Labute approximate surface area is 132 Å². The zero-order valence-electron chi connectivity index (χ0n) is 14.0. The Morgan fingerprint density at radius 1 is 1.14 bits per heavy atom. The molecule has 4 nitrogen and oxygen atoms in total. The van der Waals surface area contributed by atoms with E-state index in [0.29, 0.717) is 19.5 Å². The third-order valence-electron chi connectivity index (χ3n) is 4.45. The Balaban J connectivity index is 1.98. The number of piperidine rings is 1. The maximum atomic E-state index is 12.5. The molecule has 1 saturated heterocycles. The smallest absolute Gasteiger partial charge is 0.227 e. The molecule has 2 rings (SSSR count). The molecule has 0 atom stereocenters. The molecule has 1 aromatic rings. The Bertz CT molecular complexity index is 549. The Kier molecular flexibility index (Phi) is 5.22. The third-order valence-corrected chi connectivity index (χ3v) is 4.45. The van der Waals surface area contributed by atoms with Gasteiger partial charge < -0.3 is 10.2 Å². The molecule has 1 aliphatic rings. The number of hydrogen-bond acceptors (Lipinski definition) is 2. The van der Waals surface area contributed by atoms with Gasteiger partial charge in [-0.25, -0.2) is 0 Å². The maximum Gasteiger partial charge on any atom is 0.227 e. The van der Waals surface area contributed by atoms with Crippen LogP contribution in [0.5, 0.6) is 0 Å². The van der Waals surface area contributed by atoms with Crippen molar-refractivity contribution in [2.45, 2.75) is 47.0 Å². The predicted octanol–water partition coefficient (Wildman–Crippen LogP) is 3.20. The van der Waals surface area contributed by atoms with Crippen molar-refractivity contribution in [3.05, 3.63) is 28.8 Å². The SMILES string of the molecule is CCC(=O)N1CCC(C(=O)Nc2c(C)cc(C)cc2C)CC1. The van der Waals surface area contributed by atoms with Crippen molar-refractivity contribution < 1.29 is 9.59 Å². The van der Waals surface area contributed by atoms with Crippen molar-refractivity contribution in [3.63, 3.8) is 0 Å². The van der Waals surface area contributed by atoms with E-state index >= 15 is 0 Å². The second-order valence-electron chi connectivity index (χ2n) is 6.27. The van der Waals surface area contributed by atoms with E-state index in [-0.39, 0.29) is 17.7 Å². The lowest BCUT2D eigenvalue weighted by Gasteiger charge is -2.31. The highest BCUT2D eigenvalue weighted by atomic mass is 16.2. The summed E-state index contributed by atoms with van der Waals surface area (Å²) in [7, 11) is 0. The first kappa shape index (κ1) is 16.5. The topological polar surface area (TPSA) is 49.4 Å². The Morgan fingerprint density at radius 2 is 1.68 bits per heavy atom. The molecular formula is C18H26N2O2. The van der Waals surface area contributed by atoms with Crippen LogP contribution in [-0.4, -0.2) is 29.8 Å². The van der Waals surface area contributed by atoms with Gasteiger partial charge in [0.2, 0.25) is 11.8 Å². The minimum Gasteiger partial charge on any atom is -0.343 e. The van der Waals surface area contributed by atoms with Crippen LogP contribution in [0.15, 0.2) is 12.1 Å². The normalized spacial score (nSPS) is 15.7. The average molecular weight is 302 g/mol. The lowest BCUT2D eigenvalue weighted by Crippen LogP contribution is -2.41. The molecule has 22 heavy (non-hydrogen) atoms. The number of anilines is 1. The number of amides is 2. The van der Waals surface area contributed by atoms with Crippen LogP contribution in [0.4, 0.5) is 5.69 Å². The summed E-state index contributed by atoms with van der Waals surface area (Å²) in [5.41, 5.74) is 4.34. The minimum absolute atomic E-state index is 0.000934. The monoisotopic (exact) mass is 302 g/mol. The number of nitrogens with zero attached hydrogens (tertiary/aromatic N) is 1. The quantitative estimate of drug-likeness (QED) is 0.932. The lowest BCUT2D eigenvalue weighted by molar-refractivity contribution is -0.134. The first-order chi connectivity index (χ1) is 10.4. The van der Waals surface area contributed by atoms with Gasteiger partial charge in [0.15, 0.2) is 0 Å². The number of aryl methyl sites for hydroxylation is 3. The number of benzene rings is 1. The van der Waals surface area contributed by atoms with Gasteiger partial charge in [-0.3, -0.25) is 9.59 Å². The summed E-state index contributed by atoms with van der Waals surface area (Å²) in [5.74, 6) is 0.267. The molecule has 0 bridgehead atoms. The van der Waals surface area contributed by atoms with E-state index in [1.54, 1.807) is 0 Å². The number of nitrogens with one attached hydrogen (secondary N) is 1. The van der Waals surface area contributed by atoms with Crippen LogP contribution in [0.2, 0.25) is 0 Å². The fraction of sp³-hybridized carbons (Fsp3) is 0.556. The average Bonchev–Trinajstić information content (AvgIpc) is 2.50. The van der Waals surface area contributed by atoms with Crippen molar-refractivity contribution in [1.82, 2.24) is 4.90 Å². The molecule has 1 N–H and O–H groups in total. The standard InChI is InChI=1S/C18H26N2O2/c1-5-16(21)20-8-6-15(7-9-20)18(22)19-17-13(3)10-12(2)11-14(17)4/h10-11,15H,5-9H2,1-4H3,(H,19,22). The zero-order valence-corrected chi connectivity index (χ0v) is 14.0. The van der Waals surface area contributed by atoms with Gasteiger partial charge in [0.05, 0.1) is 0 Å². The molecule has 1 aromatic carbocycles. The molecule has 0 aromatic heterocycles. The number of carbonyl (C=O) groups is 2. The van der Waals surface area contributed by atoms with Gasteiger partial charge in [-0.15, -0.1) is 0 Å². The molecule has 0 aliphatic carbocycles. The van der Waals surface area contributed by atoms with Gasteiger partial charge in [-0.1, -0.05) is 24.6 Å². The maximum absolute atomic E-state index is 12.5. The number of rotatable bonds is 3. The van der Waals surface area contributed by atoms with Crippen molar-refractivity contribution in [3.8, 4) is 0 Å². The fourth-order valence-electron chi connectivity index (χ4n) is 3.22. The van der Waals surface area contributed by atoms with Crippen LogP contribution in [0.1, 0.15) is 42.9 Å². The van der Waals surface area contributed by atoms with Crippen LogP contribution in [0.25, 0.3) is 0 Å². The van der Waals surface area contributed by atoms with E-state index in [1.807, 2.05) is 25.7 Å². The predicted molar refractivity (Wildman–Crippen MR) is 88.9 cm³/mol. The molecule has 0 spiro atoms. The molecule has 2 amide bonds. The van der Waals surface area contributed by atoms with Crippen molar-refractivity contribution >= 4 is 17.5 Å².